The Morgan fingerprint density at radius 3 is 3.00 bits per heavy atom. The number of aryl methyl sites for hydroxylation is 1. The summed E-state index contributed by atoms with van der Waals surface area (Å²) in [4.78, 5) is 4.14. The molecule has 0 amide bonds. The Bertz CT molecular complexity index is 467. The molecule has 0 saturated carbocycles. The Morgan fingerprint density at radius 1 is 1.44 bits per heavy atom. The molecule has 0 aromatic carbocycles. The van der Waals surface area contributed by atoms with Gasteiger partial charge >= 0.3 is 0 Å². The van der Waals surface area contributed by atoms with Crippen LogP contribution in [-0.2, 0) is 13.1 Å². The van der Waals surface area contributed by atoms with Crippen LogP contribution in [0.2, 0.25) is 5.15 Å². The molecule has 0 spiro atoms. The Balaban J connectivity index is 1.96. The number of pyridine rings is 1. The van der Waals surface area contributed by atoms with Crippen molar-refractivity contribution in [1.82, 2.24) is 14.8 Å². The molecular weight excluding hydrogens is 224 g/mol. The summed E-state index contributed by atoms with van der Waals surface area (Å²) in [6.45, 7) is 3.64. The fourth-order valence-electron chi connectivity index (χ4n) is 1.37. The number of nitrogens with zero attached hydrogens (tertiary/aromatic N) is 3. The molecule has 0 radical (unpaired) electrons. The van der Waals surface area contributed by atoms with Gasteiger partial charge in [-0.25, -0.2) is 4.98 Å². The topological polar surface area (TPSA) is 42.7 Å². The van der Waals surface area contributed by atoms with E-state index in [0.717, 1.165) is 17.9 Å². The Kier molecular flexibility index (Phi) is 3.41. The van der Waals surface area contributed by atoms with Crippen LogP contribution >= 0.6 is 11.6 Å². The number of rotatable bonds is 4. The van der Waals surface area contributed by atoms with Crippen molar-refractivity contribution in [3.05, 3.63) is 41.3 Å². The van der Waals surface area contributed by atoms with Crippen molar-refractivity contribution in [2.45, 2.75) is 20.0 Å². The monoisotopic (exact) mass is 236 g/mol. The third kappa shape index (κ3) is 2.73. The summed E-state index contributed by atoms with van der Waals surface area (Å²) in [5, 5.41) is 7.88. The number of nitrogens with one attached hydrogen (secondary N) is 1. The fourth-order valence-corrected chi connectivity index (χ4v) is 1.53. The molecule has 0 bridgehead atoms. The van der Waals surface area contributed by atoms with E-state index in [1.807, 2.05) is 29.2 Å². The van der Waals surface area contributed by atoms with Gasteiger partial charge in [-0.3, -0.25) is 4.68 Å². The molecule has 5 heteroatoms. The molecule has 0 aliphatic heterocycles. The van der Waals surface area contributed by atoms with E-state index in [4.69, 9.17) is 11.6 Å². The second-order valence-electron chi connectivity index (χ2n) is 3.40. The average molecular weight is 237 g/mol. The van der Waals surface area contributed by atoms with Crippen LogP contribution < -0.4 is 5.32 Å². The number of hydrogen-bond acceptors (Lipinski definition) is 3. The van der Waals surface area contributed by atoms with Gasteiger partial charge in [0.25, 0.3) is 0 Å². The lowest BCUT2D eigenvalue weighted by atomic mass is 10.3. The van der Waals surface area contributed by atoms with Gasteiger partial charge in [0.2, 0.25) is 0 Å². The summed E-state index contributed by atoms with van der Waals surface area (Å²) in [5.74, 6) is 0.775. The van der Waals surface area contributed by atoms with Crippen LogP contribution in [0, 0.1) is 0 Å². The lowest BCUT2D eigenvalue weighted by Crippen LogP contribution is -2.00. The van der Waals surface area contributed by atoms with Gasteiger partial charge in [0.15, 0.2) is 0 Å². The summed E-state index contributed by atoms with van der Waals surface area (Å²) in [6.07, 6.45) is 3.86. The van der Waals surface area contributed by atoms with Crippen molar-refractivity contribution in [3.63, 3.8) is 0 Å². The highest BCUT2D eigenvalue weighted by Crippen LogP contribution is 2.10. The van der Waals surface area contributed by atoms with Crippen LogP contribution in [0.5, 0.6) is 0 Å². The summed E-state index contributed by atoms with van der Waals surface area (Å²) in [7, 11) is 0. The van der Waals surface area contributed by atoms with Gasteiger partial charge < -0.3 is 5.32 Å². The van der Waals surface area contributed by atoms with Crippen molar-refractivity contribution in [2.75, 3.05) is 5.32 Å². The highest BCUT2D eigenvalue weighted by Gasteiger charge is 1.98. The maximum Gasteiger partial charge on any atom is 0.131 e. The van der Waals surface area contributed by atoms with Gasteiger partial charge in [0, 0.05) is 24.8 Å². The molecule has 2 aromatic rings. The highest BCUT2D eigenvalue weighted by atomic mass is 35.5. The van der Waals surface area contributed by atoms with Crippen LogP contribution in [0.15, 0.2) is 30.6 Å². The summed E-state index contributed by atoms with van der Waals surface area (Å²) < 4.78 is 1.89. The minimum Gasteiger partial charge on any atom is -0.366 e. The maximum atomic E-state index is 5.79. The van der Waals surface area contributed by atoms with E-state index in [1.54, 1.807) is 6.07 Å². The molecule has 2 aromatic heterocycles. The molecule has 0 atom stereocenters. The number of hydrogen-bond donors (Lipinski definition) is 1. The zero-order chi connectivity index (χ0) is 11.4. The molecule has 1 N–H and O–H groups in total. The molecule has 0 unspecified atom stereocenters. The first kappa shape index (κ1) is 11.0. The quantitative estimate of drug-likeness (QED) is 0.830. The Labute approximate surface area is 99.3 Å². The fraction of sp³-hybridized carbons (Fsp3) is 0.273. The normalized spacial score (nSPS) is 10.4. The first-order valence-electron chi connectivity index (χ1n) is 5.15. The predicted molar refractivity (Wildman–Crippen MR) is 64.5 cm³/mol. The van der Waals surface area contributed by atoms with Gasteiger partial charge in [0.1, 0.15) is 11.0 Å². The summed E-state index contributed by atoms with van der Waals surface area (Å²) in [6, 6.07) is 5.51. The smallest absolute Gasteiger partial charge is 0.131 e. The lowest BCUT2D eigenvalue weighted by Gasteiger charge is -2.03. The second kappa shape index (κ2) is 4.99. The number of aromatic nitrogens is 3. The van der Waals surface area contributed by atoms with E-state index in [1.165, 1.54) is 0 Å². The molecule has 2 heterocycles. The lowest BCUT2D eigenvalue weighted by molar-refractivity contribution is 0.659. The molecule has 0 fully saturated rings. The van der Waals surface area contributed by atoms with Gasteiger partial charge in [-0.05, 0) is 19.1 Å². The zero-order valence-electron chi connectivity index (χ0n) is 9.02. The van der Waals surface area contributed by atoms with Crippen molar-refractivity contribution < 1.29 is 0 Å². The van der Waals surface area contributed by atoms with E-state index >= 15 is 0 Å². The molecule has 0 saturated heterocycles. The molecule has 84 valence electrons. The largest absolute Gasteiger partial charge is 0.366 e. The van der Waals surface area contributed by atoms with Gasteiger partial charge in [-0.2, -0.15) is 5.10 Å². The van der Waals surface area contributed by atoms with E-state index in [0.29, 0.717) is 11.7 Å². The van der Waals surface area contributed by atoms with Crippen molar-refractivity contribution in [2.24, 2.45) is 0 Å². The standard InChI is InChI=1S/C11H13ClN4/c1-2-16-8-9(7-14-16)6-13-11-5-3-4-10(12)15-11/h3-5,7-8H,2,6H2,1H3,(H,13,15). The maximum absolute atomic E-state index is 5.79. The molecule has 4 nitrogen and oxygen atoms in total. The van der Waals surface area contributed by atoms with Crippen molar-refractivity contribution in [3.8, 4) is 0 Å². The van der Waals surface area contributed by atoms with Gasteiger partial charge in [-0.15, -0.1) is 0 Å². The third-order valence-electron chi connectivity index (χ3n) is 2.20. The Hall–Kier alpha value is -1.55. The summed E-state index contributed by atoms with van der Waals surface area (Å²) >= 11 is 5.79. The van der Waals surface area contributed by atoms with Gasteiger partial charge in [0.05, 0.1) is 6.20 Å². The van der Waals surface area contributed by atoms with Crippen LogP contribution in [0.25, 0.3) is 0 Å². The Morgan fingerprint density at radius 2 is 2.31 bits per heavy atom. The number of halogens is 1. The SMILES string of the molecule is CCn1cc(CNc2cccc(Cl)n2)cn1. The molecule has 0 aliphatic rings. The minimum atomic E-state index is 0.495. The minimum absolute atomic E-state index is 0.495. The first-order chi connectivity index (χ1) is 7.78. The highest BCUT2D eigenvalue weighted by molar-refractivity contribution is 6.29. The van der Waals surface area contributed by atoms with Gasteiger partial charge in [-0.1, -0.05) is 17.7 Å². The average Bonchev–Trinajstić information content (AvgIpc) is 2.74. The predicted octanol–water partition coefficient (Wildman–Crippen LogP) is 2.56. The first-order valence-corrected chi connectivity index (χ1v) is 5.53. The summed E-state index contributed by atoms with van der Waals surface area (Å²) in [5.41, 5.74) is 1.13. The van der Waals surface area contributed by atoms with E-state index in [2.05, 4.69) is 22.3 Å². The van der Waals surface area contributed by atoms with Crippen LogP contribution in [0.4, 0.5) is 5.82 Å². The van der Waals surface area contributed by atoms with Crippen molar-refractivity contribution in [1.29, 1.82) is 0 Å². The van der Waals surface area contributed by atoms with E-state index in [9.17, 15) is 0 Å². The van der Waals surface area contributed by atoms with E-state index < -0.39 is 0 Å². The molecular formula is C11H13ClN4. The molecule has 0 aliphatic carbocycles. The third-order valence-corrected chi connectivity index (χ3v) is 2.41. The zero-order valence-corrected chi connectivity index (χ0v) is 9.78. The molecule has 2 rings (SSSR count). The second-order valence-corrected chi connectivity index (χ2v) is 3.79. The number of anilines is 1. The van der Waals surface area contributed by atoms with Crippen LogP contribution in [0.1, 0.15) is 12.5 Å². The molecule has 16 heavy (non-hydrogen) atoms. The van der Waals surface area contributed by atoms with Crippen molar-refractivity contribution >= 4 is 17.4 Å². The van der Waals surface area contributed by atoms with Crippen LogP contribution in [-0.4, -0.2) is 14.8 Å². The van der Waals surface area contributed by atoms with Crippen LogP contribution in [0.3, 0.4) is 0 Å². The van der Waals surface area contributed by atoms with E-state index in [-0.39, 0.29) is 0 Å².